The molecule has 1 aliphatic rings. The predicted octanol–water partition coefficient (Wildman–Crippen LogP) is 3.02. The highest BCUT2D eigenvalue weighted by atomic mass is 16.6. The molecule has 0 bridgehead atoms. The van der Waals surface area contributed by atoms with Gasteiger partial charge in [0.25, 0.3) is 11.6 Å². The van der Waals surface area contributed by atoms with Crippen LogP contribution in [-0.2, 0) is 0 Å². The Kier molecular flexibility index (Phi) is 5.60. The van der Waals surface area contributed by atoms with Crippen molar-refractivity contribution in [2.45, 2.75) is 38.3 Å². The minimum Gasteiger partial charge on any atom is -0.371 e. The van der Waals surface area contributed by atoms with Crippen LogP contribution < -0.4 is 16.4 Å². The molecule has 3 rings (SSSR count). The van der Waals surface area contributed by atoms with Gasteiger partial charge in [0.15, 0.2) is 0 Å². The Morgan fingerprint density at radius 3 is 2.71 bits per heavy atom. The number of carbonyl (C=O) groups is 1. The number of rotatable bonds is 8. The Hall–Kier alpha value is -3.00. The third-order valence-corrected chi connectivity index (χ3v) is 5.26. The van der Waals surface area contributed by atoms with Crippen molar-refractivity contribution >= 4 is 17.3 Å². The van der Waals surface area contributed by atoms with Gasteiger partial charge < -0.3 is 16.4 Å². The fraction of sp³-hybridized carbons (Fsp3) is 0.400. The van der Waals surface area contributed by atoms with E-state index in [0.29, 0.717) is 18.2 Å². The monoisotopic (exact) mass is 383 g/mol. The summed E-state index contributed by atoms with van der Waals surface area (Å²) in [6, 6.07) is 9.72. The Morgan fingerprint density at radius 1 is 1.39 bits per heavy atom. The molecule has 1 fully saturated rings. The average molecular weight is 383 g/mol. The van der Waals surface area contributed by atoms with E-state index in [0.717, 1.165) is 18.5 Å². The summed E-state index contributed by atoms with van der Waals surface area (Å²) >= 11 is 0. The highest BCUT2D eigenvalue weighted by Gasteiger charge is 2.41. The van der Waals surface area contributed by atoms with Crippen molar-refractivity contribution < 1.29 is 9.72 Å². The molecule has 0 saturated heterocycles. The van der Waals surface area contributed by atoms with Gasteiger partial charge in [-0.3, -0.25) is 19.9 Å². The van der Waals surface area contributed by atoms with Gasteiger partial charge >= 0.3 is 0 Å². The second-order valence-corrected chi connectivity index (χ2v) is 7.46. The number of hydrogen-bond donors (Lipinski definition) is 3. The molecular formula is C20H25N5O3. The van der Waals surface area contributed by atoms with Gasteiger partial charge in [-0.05, 0) is 56.9 Å². The van der Waals surface area contributed by atoms with Crippen LogP contribution in [0.4, 0.5) is 11.4 Å². The lowest BCUT2D eigenvalue weighted by atomic mass is 9.95. The third-order valence-electron chi connectivity index (χ3n) is 5.26. The first kappa shape index (κ1) is 19.8. The zero-order valence-corrected chi connectivity index (χ0v) is 16.0. The molecule has 8 heteroatoms. The second kappa shape index (κ2) is 7.93. The van der Waals surface area contributed by atoms with Crippen LogP contribution in [0.15, 0.2) is 42.6 Å². The summed E-state index contributed by atoms with van der Waals surface area (Å²) < 4.78 is 0. The molecule has 1 heterocycles. The second-order valence-electron chi connectivity index (χ2n) is 7.46. The average Bonchev–Trinajstić information content (AvgIpc) is 3.54. The lowest BCUT2D eigenvalue weighted by Crippen LogP contribution is -2.53. The Balaban J connectivity index is 1.81. The van der Waals surface area contributed by atoms with Gasteiger partial charge in [-0.15, -0.1) is 0 Å². The van der Waals surface area contributed by atoms with Crippen molar-refractivity contribution in [2.75, 3.05) is 11.9 Å². The van der Waals surface area contributed by atoms with Crippen molar-refractivity contribution in [2.24, 2.45) is 11.7 Å². The highest BCUT2D eigenvalue weighted by molar-refractivity contribution is 5.96. The van der Waals surface area contributed by atoms with Gasteiger partial charge in [0, 0.05) is 24.4 Å². The molecule has 2 atom stereocenters. The van der Waals surface area contributed by atoms with Gasteiger partial charge in [-0.25, -0.2) is 0 Å². The Labute approximate surface area is 163 Å². The van der Waals surface area contributed by atoms with E-state index < -0.39 is 10.5 Å². The molecule has 2 aromatic rings. The number of nitro benzene ring substituents is 1. The number of carbonyl (C=O) groups excluding carboxylic acids is 1. The molecule has 8 nitrogen and oxygen atoms in total. The first-order chi connectivity index (χ1) is 13.3. The summed E-state index contributed by atoms with van der Waals surface area (Å²) in [7, 11) is 0. The molecule has 28 heavy (non-hydrogen) atoms. The molecule has 0 spiro atoms. The summed E-state index contributed by atoms with van der Waals surface area (Å²) in [5.74, 6) is 0.00359. The number of aromatic nitrogens is 1. The third kappa shape index (κ3) is 4.28. The summed E-state index contributed by atoms with van der Waals surface area (Å²) in [5.41, 5.74) is 6.54. The van der Waals surface area contributed by atoms with Gasteiger partial charge in [0.1, 0.15) is 5.69 Å². The number of nitrogens with two attached hydrogens (primary N) is 1. The van der Waals surface area contributed by atoms with Crippen LogP contribution in [-0.4, -0.2) is 27.9 Å². The van der Waals surface area contributed by atoms with E-state index in [9.17, 15) is 14.9 Å². The van der Waals surface area contributed by atoms with E-state index in [4.69, 9.17) is 5.73 Å². The largest absolute Gasteiger partial charge is 0.371 e. The molecule has 1 aromatic carbocycles. The molecule has 1 aromatic heterocycles. The van der Waals surface area contributed by atoms with Crippen LogP contribution in [0.3, 0.4) is 0 Å². The minimum atomic E-state index is -0.493. The van der Waals surface area contributed by atoms with Gasteiger partial charge in [-0.1, -0.05) is 6.07 Å². The first-order valence-electron chi connectivity index (χ1n) is 9.32. The number of nitrogens with one attached hydrogen (secondary N) is 2. The molecule has 0 aliphatic heterocycles. The van der Waals surface area contributed by atoms with Gasteiger partial charge in [-0.2, -0.15) is 0 Å². The molecule has 148 valence electrons. The summed E-state index contributed by atoms with van der Waals surface area (Å²) in [4.78, 5) is 28.0. The smallest absolute Gasteiger partial charge is 0.293 e. The van der Waals surface area contributed by atoms with E-state index in [1.54, 1.807) is 18.3 Å². The quantitative estimate of drug-likeness (QED) is 0.475. The standard InChI is InChI=1S/C20H25N5O3/c1-13(16-5-3-4-10-22-16)23-17-9-6-14(11-18(17)25(27)28)19(26)24-20(2,12-21)15-7-8-15/h3-6,9-11,13,15,23H,7-8,12,21H2,1-2H3,(H,24,26). The number of pyridine rings is 1. The number of nitro groups is 1. The zero-order valence-electron chi connectivity index (χ0n) is 16.0. The zero-order chi connectivity index (χ0) is 20.3. The first-order valence-corrected chi connectivity index (χ1v) is 9.32. The lowest BCUT2D eigenvalue weighted by molar-refractivity contribution is -0.384. The van der Waals surface area contributed by atoms with Crippen LogP contribution in [0.25, 0.3) is 0 Å². The van der Waals surface area contributed by atoms with Crippen LogP contribution in [0.1, 0.15) is 48.8 Å². The van der Waals surface area contributed by atoms with Crippen molar-refractivity contribution in [3.05, 3.63) is 64.0 Å². The Bertz CT molecular complexity index is 869. The fourth-order valence-corrected chi connectivity index (χ4v) is 3.26. The van der Waals surface area contributed by atoms with Crippen LogP contribution in [0, 0.1) is 16.0 Å². The van der Waals surface area contributed by atoms with Crippen molar-refractivity contribution in [1.82, 2.24) is 10.3 Å². The van der Waals surface area contributed by atoms with Crippen LogP contribution in [0.2, 0.25) is 0 Å². The van der Waals surface area contributed by atoms with E-state index in [2.05, 4.69) is 15.6 Å². The van der Waals surface area contributed by atoms with E-state index >= 15 is 0 Å². The van der Waals surface area contributed by atoms with Crippen LogP contribution in [0.5, 0.6) is 0 Å². The van der Waals surface area contributed by atoms with Crippen LogP contribution >= 0.6 is 0 Å². The van der Waals surface area contributed by atoms with Gasteiger partial charge in [0.05, 0.1) is 22.2 Å². The van der Waals surface area contributed by atoms with Crippen molar-refractivity contribution in [1.29, 1.82) is 0 Å². The summed E-state index contributed by atoms with van der Waals surface area (Å²) in [6.45, 7) is 4.11. The molecular weight excluding hydrogens is 358 g/mol. The van der Waals surface area contributed by atoms with Crippen molar-refractivity contribution in [3.8, 4) is 0 Å². The minimum absolute atomic E-state index is 0.156. The number of hydrogen-bond acceptors (Lipinski definition) is 6. The van der Waals surface area contributed by atoms with E-state index in [1.165, 1.54) is 6.07 Å². The lowest BCUT2D eigenvalue weighted by Gasteiger charge is -2.29. The number of benzene rings is 1. The van der Waals surface area contributed by atoms with E-state index in [1.807, 2.05) is 32.0 Å². The molecule has 1 amide bonds. The van der Waals surface area contributed by atoms with Gasteiger partial charge in [0.2, 0.25) is 0 Å². The number of anilines is 1. The number of amides is 1. The van der Waals surface area contributed by atoms with Crippen molar-refractivity contribution in [3.63, 3.8) is 0 Å². The molecule has 4 N–H and O–H groups in total. The maximum Gasteiger partial charge on any atom is 0.293 e. The maximum absolute atomic E-state index is 12.7. The SMILES string of the molecule is CC(Nc1ccc(C(=O)NC(C)(CN)C2CC2)cc1[N+](=O)[O-])c1ccccn1. The summed E-state index contributed by atoms with van der Waals surface area (Å²) in [6.07, 6.45) is 3.73. The molecule has 2 unspecified atom stereocenters. The number of nitrogens with zero attached hydrogens (tertiary/aromatic N) is 2. The maximum atomic E-state index is 12.7. The fourth-order valence-electron chi connectivity index (χ4n) is 3.26. The molecule has 1 aliphatic carbocycles. The molecule has 1 saturated carbocycles. The van der Waals surface area contributed by atoms with E-state index in [-0.39, 0.29) is 23.2 Å². The topological polar surface area (TPSA) is 123 Å². The highest BCUT2D eigenvalue weighted by Crippen LogP contribution is 2.39. The summed E-state index contributed by atoms with van der Waals surface area (Å²) in [5, 5.41) is 17.6. The molecule has 0 radical (unpaired) electrons. The predicted molar refractivity (Wildman–Crippen MR) is 107 cm³/mol. The Morgan fingerprint density at radius 2 is 2.14 bits per heavy atom. The normalized spacial score (nSPS) is 16.7.